The van der Waals surface area contributed by atoms with Gasteiger partial charge in [0.15, 0.2) is 0 Å². The van der Waals surface area contributed by atoms with Crippen LogP contribution in [0.5, 0.6) is 0 Å². The molecular formula is C19H25N5O2. The molecule has 1 aromatic heterocycles. The number of amides is 1. The van der Waals surface area contributed by atoms with Crippen LogP contribution in [-0.4, -0.2) is 29.8 Å². The van der Waals surface area contributed by atoms with Gasteiger partial charge in [-0.05, 0) is 51.1 Å². The molecule has 0 fully saturated rings. The molecule has 2 aromatic rings. The molecule has 0 spiro atoms. The van der Waals surface area contributed by atoms with Crippen LogP contribution in [0.1, 0.15) is 30.5 Å². The lowest BCUT2D eigenvalue weighted by molar-refractivity contribution is -0.119. The molecule has 1 unspecified atom stereocenters. The Morgan fingerprint density at radius 3 is 2.73 bits per heavy atom. The maximum absolute atomic E-state index is 12.8. The zero-order valence-corrected chi connectivity index (χ0v) is 15.3. The van der Waals surface area contributed by atoms with Gasteiger partial charge in [0.1, 0.15) is 6.04 Å². The summed E-state index contributed by atoms with van der Waals surface area (Å²) in [7, 11) is 1.68. The molecule has 0 bridgehead atoms. The van der Waals surface area contributed by atoms with Gasteiger partial charge in [0.25, 0.3) is 5.56 Å². The van der Waals surface area contributed by atoms with Gasteiger partial charge in [0.2, 0.25) is 5.91 Å². The molecule has 1 aromatic carbocycles. The van der Waals surface area contributed by atoms with E-state index in [2.05, 4.69) is 10.3 Å². The van der Waals surface area contributed by atoms with E-state index in [0.29, 0.717) is 23.4 Å². The standard InChI is InChI=1S/C19H25N5O2/c1-12-5-4-10-24(19(12)26)17(8-9-20)18(25)23-14-6-7-16(21)15(11-14)13(2)22-3/h4-7,10-11,17H,8-9,20-21H2,1-3H3,(H,23,25). The summed E-state index contributed by atoms with van der Waals surface area (Å²) in [6, 6.07) is 7.99. The van der Waals surface area contributed by atoms with E-state index in [1.807, 2.05) is 6.92 Å². The maximum Gasteiger partial charge on any atom is 0.254 e. The fraction of sp³-hybridized carbons (Fsp3) is 0.316. The number of nitrogens with two attached hydrogens (primary N) is 2. The van der Waals surface area contributed by atoms with Gasteiger partial charge in [-0.3, -0.25) is 14.6 Å². The van der Waals surface area contributed by atoms with E-state index in [1.165, 1.54) is 4.57 Å². The van der Waals surface area contributed by atoms with Crippen LogP contribution in [0.3, 0.4) is 0 Å². The Morgan fingerprint density at radius 2 is 2.08 bits per heavy atom. The Hall–Kier alpha value is -2.93. The number of hydrogen-bond donors (Lipinski definition) is 3. The van der Waals surface area contributed by atoms with Gasteiger partial charge >= 0.3 is 0 Å². The van der Waals surface area contributed by atoms with Crippen LogP contribution in [-0.2, 0) is 4.79 Å². The fourth-order valence-corrected chi connectivity index (χ4v) is 2.72. The number of aryl methyl sites for hydroxylation is 1. The lowest BCUT2D eigenvalue weighted by Gasteiger charge is -2.19. The third-order valence-corrected chi connectivity index (χ3v) is 4.29. The molecule has 1 heterocycles. The molecule has 0 aliphatic rings. The fourth-order valence-electron chi connectivity index (χ4n) is 2.72. The highest BCUT2D eigenvalue weighted by molar-refractivity contribution is 6.04. The number of rotatable bonds is 6. The molecule has 1 atom stereocenters. The van der Waals surface area contributed by atoms with Crippen molar-refractivity contribution in [2.45, 2.75) is 26.3 Å². The minimum atomic E-state index is -0.686. The minimum Gasteiger partial charge on any atom is -0.398 e. The topological polar surface area (TPSA) is 115 Å². The second-order valence-corrected chi connectivity index (χ2v) is 6.10. The summed E-state index contributed by atoms with van der Waals surface area (Å²) in [5, 5.41) is 2.85. The molecule has 0 aliphatic heterocycles. The van der Waals surface area contributed by atoms with E-state index in [1.54, 1.807) is 50.5 Å². The second-order valence-electron chi connectivity index (χ2n) is 6.10. The van der Waals surface area contributed by atoms with Crippen LogP contribution in [0.4, 0.5) is 11.4 Å². The molecule has 7 nitrogen and oxygen atoms in total. The van der Waals surface area contributed by atoms with Crippen LogP contribution in [0.15, 0.2) is 46.3 Å². The van der Waals surface area contributed by atoms with Gasteiger partial charge in [-0.1, -0.05) is 6.07 Å². The van der Waals surface area contributed by atoms with Crippen molar-refractivity contribution in [3.8, 4) is 0 Å². The number of carbonyl (C=O) groups is 1. The lowest BCUT2D eigenvalue weighted by atomic mass is 10.1. The molecule has 2 rings (SSSR count). The van der Waals surface area contributed by atoms with E-state index < -0.39 is 6.04 Å². The van der Waals surface area contributed by atoms with Gasteiger partial charge in [-0.15, -0.1) is 0 Å². The summed E-state index contributed by atoms with van der Waals surface area (Å²) in [4.78, 5) is 29.3. The Labute approximate surface area is 152 Å². The van der Waals surface area contributed by atoms with E-state index in [9.17, 15) is 9.59 Å². The predicted octanol–water partition coefficient (Wildman–Crippen LogP) is 1.71. The quantitative estimate of drug-likeness (QED) is 0.540. The van der Waals surface area contributed by atoms with Crippen molar-refractivity contribution in [1.29, 1.82) is 0 Å². The number of pyridine rings is 1. The van der Waals surface area contributed by atoms with Gasteiger partial charge < -0.3 is 21.4 Å². The zero-order valence-electron chi connectivity index (χ0n) is 15.3. The molecule has 0 radical (unpaired) electrons. The van der Waals surface area contributed by atoms with Crippen LogP contribution in [0.2, 0.25) is 0 Å². The first-order valence-electron chi connectivity index (χ1n) is 8.41. The highest BCUT2D eigenvalue weighted by Crippen LogP contribution is 2.20. The molecular weight excluding hydrogens is 330 g/mol. The zero-order chi connectivity index (χ0) is 19.3. The predicted molar refractivity (Wildman–Crippen MR) is 106 cm³/mol. The van der Waals surface area contributed by atoms with Crippen molar-refractivity contribution in [3.05, 3.63) is 58.0 Å². The number of aromatic nitrogens is 1. The van der Waals surface area contributed by atoms with Crippen LogP contribution in [0.25, 0.3) is 0 Å². The first-order chi connectivity index (χ1) is 12.4. The first kappa shape index (κ1) is 19.4. The SMILES string of the molecule is CN=C(C)c1cc(NC(=O)C(CCN)n2cccc(C)c2=O)ccc1N. The Morgan fingerprint density at radius 1 is 1.35 bits per heavy atom. The first-order valence-corrected chi connectivity index (χ1v) is 8.41. The minimum absolute atomic E-state index is 0.201. The summed E-state index contributed by atoms with van der Waals surface area (Å²) in [6.07, 6.45) is 1.96. The Bertz CT molecular complexity index is 886. The third kappa shape index (κ3) is 4.18. The number of nitrogen functional groups attached to an aromatic ring is 1. The Balaban J connectivity index is 2.34. The summed E-state index contributed by atoms with van der Waals surface area (Å²) in [5.74, 6) is -0.301. The lowest BCUT2D eigenvalue weighted by Crippen LogP contribution is -2.35. The number of aliphatic imine (C=N–C) groups is 1. The monoisotopic (exact) mass is 355 g/mol. The molecule has 1 amide bonds. The van der Waals surface area contributed by atoms with Gasteiger partial charge in [-0.2, -0.15) is 0 Å². The van der Waals surface area contributed by atoms with Crippen molar-refractivity contribution in [1.82, 2.24) is 4.57 Å². The number of hydrogen-bond acceptors (Lipinski definition) is 5. The molecule has 26 heavy (non-hydrogen) atoms. The molecule has 0 saturated heterocycles. The normalized spacial score (nSPS) is 12.7. The summed E-state index contributed by atoms with van der Waals surface area (Å²) in [5.41, 5.74) is 14.7. The van der Waals surface area contributed by atoms with Crippen LogP contribution >= 0.6 is 0 Å². The van der Waals surface area contributed by atoms with Gasteiger partial charge in [0, 0.05) is 41.5 Å². The van der Waals surface area contributed by atoms with Crippen LogP contribution in [0, 0.1) is 6.92 Å². The van der Waals surface area contributed by atoms with Gasteiger partial charge in [-0.25, -0.2) is 0 Å². The summed E-state index contributed by atoms with van der Waals surface area (Å²) in [6.45, 7) is 3.85. The van der Waals surface area contributed by atoms with Crippen molar-refractivity contribution in [2.24, 2.45) is 10.7 Å². The summed E-state index contributed by atoms with van der Waals surface area (Å²) >= 11 is 0. The summed E-state index contributed by atoms with van der Waals surface area (Å²) < 4.78 is 1.43. The molecule has 0 saturated carbocycles. The van der Waals surface area contributed by atoms with Crippen molar-refractivity contribution >= 4 is 23.0 Å². The number of nitrogens with one attached hydrogen (secondary N) is 1. The van der Waals surface area contributed by atoms with Crippen LogP contribution < -0.4 is 22.3 Å². The average Bonchev–Trinajstić information content (AvgIpc) is 2.63. The van der Waals surface area contributed by atoms with Crippen molar-refractivity contribution in [2.75, 3.05) is 24.6 Å². The molecule has 5 N–H and O–H groups in total. The smallest absolute Gasteiger partial charge is 0.254 e. The Kier molecular flexibility index (Phi) is 6.30. The molecule has 7 heteroatoms. The van der Waals surface area contributed by atoms with E-state index in [-0.39, 0.29) is 18.0 Å². The second kappa shape index (κ2) is 8.44. The van der Waals surface area contributed by atoms with E-state index in [0.717, 1.165) is 11.3 Å². The van der Waals surface area contributed by atoms with E-state index >= 15 is 0 Å². The number of carbonyl (C=O) groups excluding carboxylic acids is 1. The highest BCUT2D eigenvalue weighted by atomic mass is 16.2. The largest absolute Gasteiger partial charge is 0.398 e. The number of nitrogens with zero attached hydrogens (tertiary/aromatic N) is 2. The highest BCUT2D eigenvalue weighted by Gasteiger charge is 2.21. The number of anilines is 2. The maximum atomic E-state index is 12.8. The van der Waals surface area contributed by atoms with Crippen molar-refractivity contribution in [3.63, 3.8) is 0 Å². The third-order valence-electron chi connectivity index (χ3n) is 4.29. The van der Waals surface area contributed by atoms with Crippen molar-refractivity contribution < 1.29 is 4.79 Å². The number of benzene rings is 1. The van der Waals surface area contributed by atoms with E-state index in [4.69, 9.17) is 11.5 Å². The molecule has 138 valence electrons. The molecule has 0 aliphatic carbocycles. The van der Waals surface area contributed by atoms with Gasteiger partial charge in [0.05, 0.1) is 0 Å². The average molecular weight is 355 g/mol.